The fraction of sp³-hybridized carbons (Fsp3) is 0.333. The summed E-state index contributed by atoms with van der Waals surface area (Å²) in [6.07, 6.45) is -2.68. The molecule has 1 aliphatic heterocycles. The summed E-state index contributed by atoms with van der Waals surface area (Å²) in [4.78, 5) is 39.2. The molecule has 0 saturated carbocycles. The molecule has 3 amide bonds. The maximum Gasteiger partial charge on any atom is 0.454 e. The van der Waals surface area contributed by atoms with Crippen LogP contribution in [0.1, 0.15) is 71.1 Å². The van der Waals surface area contributed by atoms with Gasteiger partial charge in [-0.3, -0.25) is 14.9 Å². The highest BCUT2D eigenvalue weighted by Gasteiger charge is 2.39. The second kappa shape index (κ2) is 13.4. The summed E-state index contributed by atoms with van der Waals surface area (Å²) in [5.74, 6) is -1.34. The summed E-state index contributed by atoms with van der Waals surface area (Å²) >= 11 is 0. The van der Waals surface area contributed by atoms with Crippen LogP contribution in [0.15, 0.2) is 78.9 Å². The standard InChI is InChI=1S/C36H38F3N5O3/c1-23-8-14-29(15-9-23)44-31(22-30(42-44)35(2,3)4)41-34(47)40-28-7-5-6-25(21-28)20-24-16-18-43(19-17-24)33(46)27-12-10-26(11-13-27)32(45)36(37,38)39/h5-15,21-22,24H,16-20H2,1-4H3,(H2,40,41,47). The van der Waals surface area contributed by atoms with Crippen LogP contribution in [0.3, 0.4) is 0 Å². The molecule has 0 unspecified atom stereocenters. The fourth-order valence-electron chi connectivity index (χ4n) is 5.56. The number of ketones is 1. The number of halogens is 3. The molecule has 4 aromatic rings. The smallest absolute Gasteiger partial charge is 0.339 e. The number of amides is 3. The molecule has 1 aliphatic rings. The van der Waals surface area contributed by atoms with Crippen LogP contribution in [0.4, 0.5) is 29.5 Å². The van der Waals surface area contributed by atoms with E-state index < -0.39 is 23.6 Å². The van der Waals surface area contributed by atoms with Gasteiger partial charge in [0, 0.05) is 41.4 Å². The second-order valence-corrected chi connectivity index (χ2v) is 13.0. The average Bonchev–Trinajstić information content (AvgIpc) is 3.45. The summed E-state index contributed by atoms with van der Waals surface area (Å²) in [5, 5.41) is 10.7. The van der Waals surface area contributed by atoms with Gasteiger partial charge in [-0.2, -0.15) is 18.3 Å². The average molecular weight is 646 g/mol. The summed E-state index contributed by atoms with van der Waals surface area (Å²) in [5.41, 5.74) is 4.05. The van der Waals surface area contributed by atoms with E-state index in [4.69, 9.17) is 5.10 Å². The fourth-order valence-corrected chi connectivity index (χ4v) is 5.56. The Hall–Kier alpha value is -4.93. The highest BCUT2D eigenvalue weighted by Crippen LogP contribution is 2.28. The molecule has 0 aliphatic carbocycles. The van der Waals surface area contributed by atoms with Crippen molar-refractivity contribution in [3.63, 3.8) is 0 Å². The lowest BCUT2D eigenvalue weighted by Crippen LogP contribution is -2.39. The zero-order valence-corrected chi connectivity index (χ0v) is 26.8. The van der Waals surface area contributed by atoms with Crippen LogP contribution in [0.2, 0.25) is 0 Å². The van der Waals surface area contributed by atoms with E-state index >= 15 is 0 Å². The number of benzene rings is 3. The number of aromatic nitrogens is 2. The number of anilines is 2. The van der Waals surface area contributed by atoms with E-state index in [1.807, 2.05) is 61.5 Å². The van der Waals surface area contributed by atoms with E-state index in [-0.39, 0.29) is 16.9 Å². The monoisotopic (exact) mass is 645 g/mol. The zero-order valence-electron chi connectivity index (χ0n) is 26.8. The topological polar surface area (TPSA) is 96.3 Å². The van der Waals surface area contributed by atoms with Crippen molar-refractivity contribution in [3.8, 4) is 5.69 Å². The summed E-state index contributed by atoms with van der Waals surface area (Å²) < 4.78 is 39.8. The molecule has 1 saturated heterocycles. The number of urea groups is 1. The van der Waals surface area contributed by atoms with Gasteiger partial charge in [-0.25, -0.2) is 9.48 Å². The summed E-state index contributed by atoms with van der Waals surface area (Å²) in [6.45, 7) is 9.24. The van der Waals surface area contributed by atoms with Crippen molar-refractivity contribution < 1.29 is 27.6 Å². The van der Waals surface area contributed by atoms with Gasteiger partial charge in [0.1, 0.15) is 5.82 Å². The van der Waals surface area contributed by atoms with E-state index in [9.17, 15) is 27.6 Å². The van der Waals surface area contributed by atoms with Crippen LogP contribution >= 0.6 is 0 Å². The molecule has 11 heteroatoms. The number of carbonyl (C=O) groups is 3. The molecule has 0 bridgehead atoms. The van der Waals surface area contributed by atoms with Gasteiger partial charge < -0.3 is 10.2 Å². The SMILES string of the molecule is Cc1ccc(-n2nc(C(C)(C)C)cc2NC(=O)Nc2cccc(CC3CCN(C(=O)c4ccc(C(=O)C(F)(F)F)cc4)CC3)c2)cc1. The van der Waals surface area contributed by atoms with Crippen LogP contribution in [-0.4, -0.2) is 51.7 Å². The molecular formula is C36H38F3N5O3. The minimum atomic E-state index is -4.96. The van der Waals surface area contributed by atoms with Crippen molar-refractivity contribution in [1.29, 1.82) is 0 Å². The first kappa shape index (κ1) is 33.4. The number of likely N-dealkylation sites (tertiary alicyclic amines) is 1. The first-order valence-electron chi connectivity index (χ1n) is 15.5. The van der Waals surface area contributed by atoms with E-state index in [1.54, 1.807) is 9.58 Å². The van der Waals surface area contributed by atoms with Crippen molar-refractivity contribution in [1.82, 2.24) is 14.7 Å². The maximum atomic E-state index is 13.1. The largest absolute Gasteiger partial charge is 0.454 e. The summed E-state index contributed by atoms with van der Waals surface area (Å²) in [7, 11) is 0. The van der Waals surface area contributed by atoms with Gasteiger partial charge >= 0.3 is 12.2 Å². The Kier molecular flexibility index (Phi) is 9.55. The number of rotatable bonds is 7. The Balaban J connectivity index is 1.17. The third-order valence-electron chi connectivity index (χ3n) is 8.26. The molecule has 246 valence electrons. The van der Waals surface area contributed by atoms with Crippen LogP contribution in [0.5, 0.6) is 0 Å². The molecule has 3 aromatic carbocycles. The number of nitrogens with one attached hydrogen (secondary N) is 2. The van der Waals surface area contributed by atoms with Gasteiger partial charge in [-0.1, -0.05) is 62.7 Å². The summed E-state index contributed by atoms with van der Waals surface area (Å²) in [6, 6.07) is 21.7. The number of aryl methyl sites for hydroxylation is 1. The van der Waals surface area contributed by atoms with Crippen LogP contribution < -0.4 is 10.6 Å². The predicted molar refractivity (Wildman–Crippen MR) is 175 cm³/mol. The Bertz CT molecular complexity index is 1750. The molecule has 47 heavy (non-hydrogen) atoms. The van der Waals surface area contributed by atoms with Crippen molar-refractivity contribution in [3.05, 3.63) is 107 Å². The number of piperidine rings is 1. The van der Waals surface area contributed by atoms with E-state index in [1.165, 1.54) is 12.1 Å². The third-order valence-corrected chi connectivity index (χ3v) is 8.26. The third kappa shape index (κ3) is 8.27. The maximum absolute atomic E-state index is 13.1. The second-order valence-electron chi connectivity index (χ2n) is 13.0. The van der Waals surface area contributed by atoms with Crippen LogP contribution in [0, 0.1) is 12.8 Å². The quantitative estimate of drug-likeness (QED) is 0.199. The molecule has 0 spiro atoms. The molecule has 0 atom stereocenters. The van der Waals surface area contributed by atoms with Gasteiger partial charge in [0.15, 0.2) is 0 Å². The number of hydrogen-bond donors (Lipinski definition) is 2. The molecule has 2 heterocycles. The molecule has 8 nitrogen and oxygen atoms in total. The first-order valence-corrected chi connectivity index (χ1v) is 15.5. The van der Waals surface area contributed by atoms with E-state index in [0.29, 0.717) is 30.5 Å². The highest BCUT2D eigenvalue weighted by atomic mass is 19.4. The lowest BCUT2D eigenvalue weighted by Gasteiger charge is -2.32. The molecule has 2 N–H and O–H groups in total. The van der Waals surface area contributed by atoms with Gasteiger partial charge in [0.2, 0.25) is 0 Å². The van der Waals surface area contributed by atoms with E-state index in [2.05, 4.69) is 31.4 Å². The molecular weight excluding hydrogens is 607 g/mol. The lowest BCUT2D eigenvalue weighted by atomic mass is 9.89. The molecule has 0 radical (unpaired) electrons. The van der Waals surface area contributed by atoms with Crippen molar-refractivity contribution in [2.45, 2.75) is 58.5 Å². The number of nitrogens with zero attached hydrogens (tertiary/aromatic N) is 3. The van der Waals surface area contributed by atoms with Gasteiger partial charge in [0.05, 0.1) is 11.4 Å². The number of carbonyl (C=O) groups excluding carboxylic acids is 3. The first-order chi connectivity index (χ1) is 22.2. The van der Waals surface area contributed by atoms with E-state index in [0.717, 1.165) is 53.9 Å². The van der Waals surface area contributed by atoms with Crippen LogP contribution in [0.25, 0.3) is 5.69 Å². The molecule has 1 fully saturated rings. The highest BCUT2D eigenvalue weighted by molar-refractivity contribution is 6.02. The minimum absolute atomic E-state index is 0.215. The zero-order chi connectivity index (χ0) is 33.9. The number of alkyl halides is 3. The lowest BCUT2D eigenvalue weighted by molar-refractivity contribution is -0.0885. The van der Waals surface area contributed by atoms with Gasteiger partial charge in [0.25, 0.3) is 11.7 Å². The number of hydrogen-bond acceptors (Lipinski definition) is 4. The Morgan fingerprint density at radius 3 is 2.11 bits per heavy atom. The Morgan fingerprint density at radius 1 is 0.851 bits per heavy atom. The normalized spacial score (nSPS) is 14.1. The van der Waals surface area contributed by atoms with Gasteiger partial charge in [-0.05, 0) is 74.1 Å². The van der Waals surface area contributed by atoms with Gasteiger partial charge in [-0.15, -0.1) is 0 Å². The van der Waals surface area contributed by atoms with Crippen molar-refractivity contribution >= 4 is 29.2 Å². The van der Waals surface area contributed by atoms with Crippen molar-refractivity contribution in [2.24, 2.45) is 5.92 Å². The number of Topliss-reactive ketones (excluding diaryl/α,β-unsaturated/α-hetero) is 1. The minimum Gasteiger partial charge on any atom is -0.339 e. The molecule has 5 rings (SSSR count). The molecule has 1 aromatic heterocycles. The van der Waals surface area contributed by atoms with Crippen molar-refractivity contribution in [2.75, 3.05) is 23.7 Å². The van der Waals surface area contributed by atoms with Crippen LogP contribution in [-0.2, 0) is 11.8 Å². The predicted octanol–water partition coefficient (Wildman–Crippen LogP) is 7.96. The Morgan fingerprint density at radius 2 is 1.49 bits per heavy atom. The Labute approximate surface area is 272 Å².